The van der Waals surface area contributed by atoms with Crippen LogP contribution in [0, 0.1) is 0 Å². The smallest absolute Gasteiger partial charge is 0.310 e. The Morgan fingerprint density at radius 2 is 2.29 bits per heavy atom. The van der Waals surface area contributed by atoms with E-state index in [1.54, 1.807) is 6.92 Å². The van der Waals surface area contributed by atoms with Gasteiger partial charge in [0.15, 0.2) is 0 Å². The van der Waals surface area contributed by atoms with Gasteiger partial charge >= 0.3 is 5.97 Å². The zero-order valence-corrected chi connectivity index (χ0v) is 11.2. The van der Waals surface area contributed by atoms with Crippen LogP contribution in [0.3, 0.4) is 0 Å². The molecule has 0 aromatic carbocycles. The van der Waals surface area contributed by atoms with Gasteiger partial charge in [0.05, 0.1) is 13.0 Å². The first-order valence-electron chi connectivity index (χ1n) is 4.74. The topological polar surface area (TPSA) is 39.2 Å². The molecule has 1 rings (SSSR count). The van der Waals surface area contributed by atoms with E-state index in [0.717, 1.165) is 6.07 Å². The van der Waals surface area contributed by atoms with Crippen LogP contribution >= 0.6 is 27.5 Å². The summed E-state index contributed by atoms with van der Waals surface area (Å²) < 4.78 is 30.4. The lowest BCUT2D eigenvalue weighted by molar-refractivity contribution is -0.142. The third-order valence-corrected chi connectivity index (χ3v) is 2.66. The second-order valence-electron chi connectivity index (χ2n) is 3.09. The molecule has 0 radical (unpaired) electrons. The maximum atomic E-state index is 12.8. The highest BCUT2D eigenvalue weighted by Gasteiger charge is 2.20. The molecule has 7 heteroatoms. The van der Waals surface area contributed by atoms with E-state index in [4.69, 9.17) is 11.6 Å². The van der Waals surface area contributed by atoms with Gasteiger partial charge in [-0.15, -0.1) is 0 Å². The molecule has 0 N–H and O–H groups in total. The van der Waals surface area contributed by atoms with Crippen LogP contribution < -0.4 is 0 Å². The van der Waals surface area contributed by atoms with Crippen molar-refractivity contribution in [1.29, 1.82) is 0 Å². The lowest BCUT2D eigenvalue weighted by atomic mass is 10.1. The first kappa shape index (κ1) is 14.3. The summed E-state index contributed by atoms with van der Waals surface area (Å²) in [5.41, 5.74) is -0.312. The fourth-order valence-corrected chi connectivity index (χ4v) is 2.05. The predicted octanol–water partition coefficient (Wildman–Crippen LogP) is 3.54. The van der Waals surface area contributed by atoms with Gasteiger partial charge in [0, 0.05) is 11.1 Å². The van der Waals surface area contributed by atoms with E-state index >= 15 is 0 Å². The molecule has 0 saturated heterocycles. The van der Waals surface area contributed by atoms with Crippen LogP contribution in [0.4, 0.5) is 8.78 Å². The fourth-order valence-electron chi connectivity index (χ4n) is 1.25. The van der Waals surface area contributed by atoms with Crippen LogP contribution in [0.1, 0.15) is 24.5 Å². The minimum absolute atomic E-state index is 0.00307. The summed E-state index contributed by atoms with van der Waals surface area (Å²) >= 11 is 8.71. The fraction of sp³-hybridized carbons (Fsp3) is 0.400. The number of ether oxygens (including phenoxy) is 1. The molecule has 0 bridgehead atoms. The summed E-state index contributed by atoms with van der Waals surface area (Å²) in [7, 11) is 0. The molecule has 0 amide bonds. The van der Waals surface area contributed by atoms with Crippen molar-refractivity contribution in [1.82, 2.24) is 4.98 Å². The molecule has 0 aliphatic heterocycles. The van der Waals surface area contributed by atoms with E-state index < -0.39 is 12.4 Å². The van der Waals surface area contributed by atoms with E-state index in [-0.39, 0.29) is 33.9 Å². The maximum Gasteiger partial charge on any atom is 0.310 e. The minimum atomic E-state index is -2.73. The molecule has 94 valence electrons. The number of esters is 1. The number of carbonyl (C=O) groups excluding carboxylic acids is 1. The average Bonchev–Trinajstić information content (AvgIpc) is 2.21. The highest BCUT2D eigenvalue weighted by atomic mass is 79.9. The molecule has 3 nitrogen and oxygen atoms in total. The molecule has 0 saturated carbocycles. The average molecular weight is 329 g/mol. The molecular weight excluding hydrogens is 319 g/mol. The monoisotopic (exact) mass is 327 g/mol. The number of hydrogen-bond donors (Lipinski definition) is 0. The quantitative estimate of drug-likeness (QED) is 0.627. The van der Waals surface area contributed by atoms with Crippen molar-refractivity contribution < 1.29 is 18.3 Å². The largest absolute Gasteiger partial charge is 0.466 e. The van der Waals surface area contributed by atoms with Crippen molar-refractivity contribution in [2.24, 2.45) is 0 Å². The Labute approximate surface area is 110 Å². The van der Waals surface area contributed by atoms with E-state index in [2.05, 4.69) is 25.7 Å². The number of carbonyl (C=O) groups is 1. The summed E-state index contributed by atoms with van der Waals surface area (Å²) in [6, 6.07) is 1.14. The predicted molar refractivity (Wildman–Crippen MR) is 62.2 cm³/mol. The molecule has 0 atom stereocenters. The van der Waals surface area contributed by atoms with Gasteiger partial charge in [0.2, 0.25) is 0 Å². The third kappa shape index (κ3) is 3.89. The number of nitrogens with zero attached hydrogens (tertiary/aromatic N) is 1. The molecule has 1 heterocycles. The van der Waals surface area contributed by atoms with Crippen molar-refractivity contribution in [2.45, 2.75) is 19.8 Å². The van der Waals surface area contributed by atoms with Crippen LogP contribution in [0.25, 0.3) is 0 Å². The summed E-state index contributed by atoms with van der Waals surface area (Å²) in [5.74, 6) is -0.611. The highest BCUT2D eigenvalue weighted by Crippen LogP contribution is 2.30. The molecule has 0 unspecified atom stereocenters. The Bertz CT molecular complexity index is 429. The second-order valence-corrected chi connectivity index (χ2v) is 4.26. The van der Waals surface area contributed by atoms with Crippen LogP contribution in [0.5, 0.6) is 0 Å². The summed E-state index contributed by atoms with van der Waals surface area (Å²) in [4.78, 5) is 15.0. The van der Waals surface area contributed by atoms with E-state index in [0.29, 0.717) is 0 Å². The number of pyridine rings is 1. The molecule has 0 fully saturated rings. The Morgan fingerprint density at radius 1 is 1.65 bits per heavy atom. The Kier molecular flexibility index (Phi) is 5.27. The zero-order valence-electron chi connectivity index (χ0n) is 8.84. The van der Waals surface area contributed by atoms with Gasteiger partial charge in [-0.2, -0.15) is 0 Å². The number of rotatable bonds is 4. The standard InChI is InChI=1S/C10H9BrClF2NO2/c1-2-17-8(16)4-5-6(10(13)14)3-7(11)15-9(5)12/h3,10H,2,4H2,1H3. The minimum Gasteiger partial charge on any atom is -0.466 e. The molecular formula is C10H9BrClF2NO2. The molecule has 1 aromatic rings. The van der Waals surface area contributed by atoms with Crippen LogP contribution in [-0.2, 0) is 16.0 Å². The number of halogens is 4. The van der Waals surface area contributed by atoms with Crippen LogP contribution in [-0.4, -0.2) is 17.6 Å². The van der Waals surface area contributed by atoms with Gasteiger partial charge in [-0.1, -0.05) is 11.6 Å². The van der Waals surface area contributed by atoms with Gasteiger partial charge in [-0.25, -0.2) is 13.8 Å². The van der Waals surface area contributed by atoms with Gasteiger partial charge in [-0.3, -0.25) is 4.79 Å². The molecule has 1 aromatic heterocycles. The van der Waals surface area contributed by atoms with Gasteiger partial charge in [0.1, 0.15) is 9.76 Å². The second kappa shape index (κ2) is 6.26. The van der Waals surface area contributed by atoms with Crippen molar-refractivity contribution in [2.75, 3.05) is 6.61 Å². The van der Waals surface area contributed by atoms with Crippen molar-refractivity contribution in [3.8, 4) is 0 Å². The van der Waals surface area contributed by atoms with E-state index in [1.807, 2.05) is 0 Å². The first-order chi connectivity index (χ1) is 7.95. The maximum absolute atomic E-state index is 12.8. The van der Waals surface area contributed by atoms with Crippen molar-refractivity contribution >= 4 is 33.5 Å². The van der Waals surface area contributed by atoms with Crippen molar-refractivity contribution in [3.63, 3.8) is 0 Å². The van der Waals surface area contributed by atoms with Crippen LogP contribution in [0.15, 0.2) is 10.7 Å². The Hall–Kier alpha value is -0.750. The first-order valence-corrected chi connectivity index (χ1v) is 5.91. The van der Waals surface area contributed by atoms with E-state index in [1.165, 1.54) is 0 Å². The van der Waals surface area contributed by atoms with Crippen LogP contribution in [0.2, 0.25) is 5.15 Å². The van der Waals surface area contributed by atoms with Gasteiger partial charge in [0.25, 0.3) is 6.43 Å². The lowest BCUT2D eigenvalue weighted by Crippen LogP contribution is -2.11. The van der Waals surface area contributed by atoms with E-state index in [9.17, 15) is 13.6 Å². The molecule has 0 aliphatic carbocycles. The number of hydrogen-bond acceptors (Lipinski definition) is 3. The summed E-state index contributed by atoms with van der Waals surface area (Å²) in [6.07, 6.45) is -3.04. The molecule has 17 heavy (non-hydrogen) atoms. The SMILES string of the molecule is CCOC(=O)Cc1c(C(F)F)cc(Br)nc1Cl. The molecule has 0 spiro atoms. The Morgan fingerprint density at radius 3 is 2.82 bits per heavy atom. The lowest BCUT2D eigenvalue weighted by Gasteiger charge is -2.10. The molecule has 0 aliphatic rings. The Balaban J connectivity index is 3.08. The van der Waals surface area contributed by atoms with Crippen molar-refractivity contribution in [3.05, 3.63) is 26.9 Å². The highest BCUT2D eigenvalue weighted by molar-refractivity contribution is 9.10. The summed E-state index contributed by atoms with van der Waals surface area (Å²) in [5, 5.41) is -0.122. The number of aromatic nitrogens is 1. The normalized spacial score (nSPS) is 10.7. The summed E-state index contributed by atoms with van der Waals surface area (Å²) in [6.45, 7) is 1.82. The third-order valence-electron chi connectivity index (χ3n) is 1.94. The van der Waals surface area contributed by atoms with Gasteiger partial charge < -0.3 is 4.74 Å². The zero-order chi connectivity index (χ0) is 13.0. The number of alkyl halides is 2. The van der Waals surface area contributed by atoms with Gasteiger partial charge in [-0.05, 0) is 28.9 Å².